The summed E-state index contributed by atoms with van der Waals surface area (Å²) >= 11 is 0. The molecule has 172 valence electrons. The van der Waals surface area contributed by atoms with Crippen LogP contribution in [0.3, 0.4) is 0 Å². The maximum atomic E-state index is 13.0. The van der Waals surface area contributed by atoms with E-state index < -0.39 is 0 Å². The lowest BCUT2D eigenvalue weighted by Crippen LogP contribution is -2.24. The van der Waals surface area contributed by atoms with Gasteiger partial charge < -0.3 is 15.5 Å². The molecule has 0 radical (unpaired) electrons. The summed E-state index contributed by atoms with van der Waals surface area (Å²) in [5.41, 5.74) is 12.4. The number of rotatable bonds is 5. The lowest BCUT2D eigenvalue weighted by Gasteiger charge is -2.14. The highest BCUT2D eigenvalue weighted by atomic mass is 16.3. The van der Waals surface area contributed by atoms with Crippen LogP contribution < -0.4 is 11.1 Å². The second kappa shape index (κ2) is 7.99. The Morgan fingerprint density at radius 1 is 1.00 bits per heavy atom. The quantitative estimate of drug-likeness (QED) is 0.354. The Labute approximate surface area is 198 Å². The van der Waals surface area contributed by atoms with Crippen molar-refractivity contribution in [3.05, 3.63) is 70.4 Å². The molecular formula is C28H28N4O2. The van der Waals surface area contributed by atoms with Gasteiger partial charge in [0.1, 0.15) is 17.0 Å². The van der Waals surface area contributed by atoms with E-state index in [1.54, 1.807) is 0 Å². The number of nitrogen functional groups attached to an aromatic ring is 1. The third kappa shape index (κ3) is 3.46. The molecular weight excluding hydrogens is 424 g/mol. The van der Waals surface area contributed by atoms with E-state index >= 15 is 0 Å². The highest BCUT2D eigenvalue weighted by Gasteiger charge is 2.20. The van der Waals surface area contributed by atoms with Gasteiger partial charge in [0.25, 0.3) is 5.91 Å². The fourth-order valence-corrected chi connectivity index (χ4v) is 5.38. The third-order valence-corrected chi connectivity index (χ3v) is 7.15. The molecule has 2 bridgehead atoms. The molecule has 0 spiro atoms. The molecule has 2 aromatic carbocycles. The van der Waals surface area contributed by atoms with Crippen molar-refractivity contribution in [2.75, 3.05) is 18.8 Å². The van der Waals surface area contributed by atoms with Crippen LogP contribution in [0.5, 0.6) is 0 Å². The Kier molecular flexibility index (Phi) is 4.92. The van der Waals surface area contributed by atoms with Gasteiger partial charge in [-0.25, -0.2) is 4.98 Å². The number of hydrogen-bond acceptors (Lipinski definition) is 5. The van der Waals surface area contributed by atoms with Crippen LogP contribution in [-0.2, 0) is 13.1 Å². The summed E-state index contributed by atoms with van der Waals surface area (Å²) < 4.78 is 6.21. The van der Waals surface area contributed by atoms with Crippen molar-refractivity contribution in [3.63, 3.8) is 0 Å². The van der Waals surface area contributed by atoms with Gasteiger partial charge in [-0.05, 0) is 86.8 Å². The maximum absolute atomic E-state index is 13.0. The van der Waals surface area contributed by atoms with Crippen LogP contribution in [0.15, 0.2) is 46.9 Å². The van der Waals surface area contributed by atoms with Crippen LogP contribution in [0, 0.1) is 13.8 Å². The standard InChI is InChI=1S/C28H28N4O2/c1-16-11-25(29)31-17(2)24(16)14-30-28(33)19-6-8-21-23(13-19)27-22-12-18(15-32-9-3-4-10-32)5-7-20(22)26(21)34-27/h5-8,11-13H,3-4,9-10,14-15H2,1-2H3,(H2,29,31)(H,30,33). The second-order valence-electron chi connectivity index (χ2n) is 9.49. The van der Waals surface area contributed by atoms with Crippen molar-refractivity contribution in [2.45, 2.75) is 39.8 Å². The van der Waals surface area contributed by atoms with Gasteiger partial charge in [0.15, 0.2) is 0 Å². The molecule has 1 aliphatic heterocycles. The van der Waals surface area contributed by atoms with Gasteiger partial charge in [-0.2, -0.15) is 0 Å². The molecule has 1 amide bonds. The molecule has 3 aromatic heterocycles. The van der Waals surface area contributed by atoms with E-state index in [1.165, 1.54) is 31.5 Å². The van der Waals surface area contributed by atoms with Gasteiger partial charge in [0, 0.05) is 45.9 Å². The Morgan fingerprint density at radius 2 is 1.71 bits per heavy atom. The number of nitrogens with one attached hydrogen (secondary N) is 1. The van der Waals surface area contributed by atoms with Crippen molar-refractivity contribution in [1.82, 2.24) is 15.2 Å². The van der Waals surface area contributed by atoms with Crippen molar-refractivity contribution in [3.8, 4) is 0 Å². The summed E-state index contributed by atoms with van der Waals surface area (Å²) in [6.45, 7) is 7.64. The number of benzene rings is 3. The van der Waals surface area contributed by atoms with Crippen LogP contribution in [0.1, 0.15) is 45.6 Å². The van der Waals surface area contributed by atoms with Crippen molar-refractivity contribution in [2.24, 2.45) is 0 Å². The molecule has 0 saturated carbocycles. The number of furan rings is 2. The molecule has 1 aliphatic rings. The van der Waals surface area contributed by atoms with Crippen LogP contribution in [-0.4, -0.2) is 28.9 Å². The highest BCUT2D eigenvalue weighted by Crippen LogP contribution is 2.41. The summed E-state index contributed by atoms with van der Waals surface area (Å²) in [7, 11) is 0. The van der Waals surface area contributed by atoms with E-state index in [2.05, 4.69) is 33.4 Å². The lowest BCUT2D eigenvalue weighted by atomic mass is 9.99. The number of carbonyl (C=O) groups is 1. The number of hydrogen-bond donors (Lipinski definition) is 2. The number of likely N-dealkylation sites (tertiary alicyclic amines) is 1. The topological polar surface area (TPSA) is 84.4 Å². The first-order valence-corrected chi connectivity index (χ1v) is 11.9. The minimum Gasteiger partial charge on any atom is -0.455 e. The number of carbonyl (C=O) groups excluding carboxylic acids is 1. The average molecular weight is 453 g/mol. The van der Waals surface area contributed by atoms with Gasteiger partial charge in [0.2, 0.25) is 0 Å². The minimum atomic E-state index is -0.116. The zero-order chi connectivity index (χ0) is 23.4. The predicted octanol–water partition coefficient (Wildman–Crippen LogP) is 5.30. The summed E-state index contributed by atoms with van der Waals surface area (Å²) in [6.07, 6.45) is 2.57. The van der Waals surface area contributed by atoms with E-state index in [4.69, 9.17) is 10.2 Å². The Morgan fingerprint density at radius 3 is 2.47 bits per heavy atom. The van der Waals surface area contributed by atoms with Crippen LogP contribution in [0.2, 0.25) is 0 Å². The van der Waals surface area contributed by atoms with Gasteiger partial charge >= 0.3 is 0 Å². The van der Waals surface area contributed by atoms with E-state index in [0.717, 1.165) is 56.1 Å². The largest absolute Gasteiger partial charge is 0.455 e. The number of aromatic nitrogens is 1. The van der Waals surface area contributed by atoms with E-state index in [1.807, 2.05) is 38.1 Å². The van der Waals surface area contributed by atoms with E-state index in [-0.39, 0.29) is 5.91 Å². The van der Waals surface area contributed by atoms with E-state index in [9.17, 15) is 4.79 Å². The molecule has 5 aromatic rings. The summed E-state index contributed by atoms with van der Waals surface area (Å²) in [4.78, 5) is 19.8. The number of nitrogens with two attached hydrogens (primary N) is 1. The Balaban J connectivity index is 1.30. The molecule has 0 aliphatic carbocycles. The van der Waals surface area contributed by atoms with Gasteiger partial charge in [0.05, 0.1) is 0 Å². The van der Waals surface area contributed by atoms with Crippen LogP contribution in [0.4, 0.5) is 5.82 Å². The maximum Gasteiger partial charge on any atom is 0.251 e. The molecule has 1 fully saturated rings. The smallest absolute Gasteiger partial charge is 0.251 e. The number of fused-ring (bicyclic) bond motifs is 8. The predicted molar refractivity (Wildman–Crippen MR) is 136 cm³/mol. The Bertz CT molecular complexity index is 1520. The van der Waals surface area contributed by atoms with Crippen molar-refractivity contribution < 1.29 is 9.21 Å². The van der Waals surface area contributed by atoms with Crippen LogP contribution in [0.25, 0.3) is 32.7 Å². The SMILES string of the molecule is Cc1cc(N)nc(C)c1CNC(=O)c1ccc2c(c1)c1oc2c2ccc(CN3CCCC3)cc21. The van der Waals surface area contributed by atoms with Crippen molar-refractivity contribution >= 4 is 44.4 Å². The first-order chi connectivity index (χ1) is 16.5. The summed E-state index contributed by atoms with van der Waals surface area (Å²) in [5.74, 6) is 0.381. The molecule has 4 heterocycles. The molecule has 1 saturated heterocycles. The van der Waals surface area contributed by atoms with Gasteiger partial charge in [-0.15, -0.1) is 0 Å². The first-order valence-electron chi connectivity index (χ1n) is 11.9. The minimum absolute atomic E-state index is 0.116. The lowest BCUT2D eigenvalue weighted by molar-refractivity contribution is 0.0951. The summed E-state index contributed by atoms with van der Waals surface area (Å²) in [6, 6.07) is 14.3. The van der Waals surface area contributed by atoms with Crippen LogP contribution >= 0.6 is 0 Å². The molecule has 0 unspecified atom stereocenters. The van der Waals surface area contributed by atoms with Crippen molar-refractivity contribution in [1.29, 1.82) is 0 Å². The monoisotopic (exact) mass is 452 g/mol. The molecule has 3 N–H and O–H groups in total. The first kappa shape index (κ1) is 20.9. The third-order valence-electron chi connectivity index (χ3n) is 7.15. The number of nitrogens with zero attached hydrogens (tertiary/aromatic N) is 2. The average Bonchev–Trinajstić information content (AvgIpc) is 3.54. The highest BCUT2D eigenvalue weighted by molar-refractivity contribution is 6.25. The zero-order valence-corrected chi connectivity index (χ0v) is 19.6. The summed E-state index contributed by atoms with van der Waals surface area (Å²) in [5, 5.41) is 7.37. The number of pyridine rings is 1. The zero-order valence-electron chi connectivity index (χ0n) is 19.6. The van der Waals surface area contributed by atoms with Gasteiger partial charge in [-0.3, -0.25) is 9.69 Å². The molecule has 6 heteroatoms. The number of anilines is 1. The number of amides is 1. The fraction of sp³-hybridized carbons (Fsp3) is 0.286. The van der Waals surface area contributed by atoms with Gasteiger partial charge in [-0.1, -0.05) is 12.1 Å². The molecule has 6 nitrogen and oxygen atoms in total. The second-order valence-corrected chi connectivity index (χ2v) is 9.49. The fourth-order valence-electron chi connectivity index (χ4n) is 5.38. The molecule has 0 atom stereocenters. The molecule has 34 heavy (non-hydrogen) atoms. The van der Waals surface area contributed by atoms with E-state index in [0.29, 0.717) is 17.9 Å². The normalized spacial score (nSPS) is 14.6. The Hall–Kier alpha value is -3.64. The molecule has 6 rings (SSSR count). The number of aryl methyl sites for hydroxylation is 2.